The van der Waals surface area contributed by atoms with Gasteiger partial charge in [0.05, 0.1) is 19.8 Å². The van der Waals surface area contributed by atoms with E-state index in [0.29, 0.717) is 19.3 Å². The topological polar surface area (TPSA) is 155 Å². The van der Waals surface area contributed by atoms with Crippen molar-refractivity contribution in [1.82, 2.24) is 0 Å². The summed E-state index contributed by atoms with van der Waals surface area (Å²) in [5.41, 5.74) is 0. The fourth-order valence-corrected chi connectivity index (χ4v) is 9.33. The van der Waals surface area contributed by atoms with Crippen LogP contribution in [0.2, 0.25) is 0 Å². The molecule has 0 aromatic rings. The maximum Gasteiger partial charge on any atom is 0.472 e. The van der Waals surface area contributed by atoms with Crippen molar-refractivity contribution < 1.29 is 52.2 Å². The standard InChI is InChI=1S/C60H111O11P/c1-4-7-10-13-16-19-21-23-25-27-28-30-32-34-36-39-42-45-48-51-60(64)71-57(53-67-58(62)49-46-43-40-37-18-15-12-9-6-3)55-69-72(65,66)68-54-56(52-61)70-59(63)50-47-44-41-38-35-33-31-29-26-24-22-20-17-14-11-8-5-2/h8,11,17,20,24,26,56-57,61H,4-7,9-10,12-16,18-19,21-23,25,27-55H2,1-3H3,(H,65,66)/b11-8-,20-17-,26-24-. The normalized spacial score (nSPS) is 13.6. The number of aliphatic hydroxyl groups is 1. The Kier molecular flexibility index (Phi) is 53.2. The molecule has 0 aliphatic carbocycles. The number of unbranched alkanes of at least 4 members (excludes halogenated alkanes) is 33. The van der Waals surface area contributed by atoms with Gasteiger partial charge in [0, 0.05) is 19.3 Å². The van der Waals surface area contributed by atoms with E-state index in [1.165, 1.54) is 141 Å². The van der Waals surface area contributed by atoms with E-state index in [9.17, 15) is 28.9 Å². The van der Waals surface area contributed by atoms with Gasteiger partial charge in [-0.3, -0.25) is 23.4 Å². The molecule has 0 saturated carbocycles. The highest BCUT2D eigenvalue weighted by Gasteiger charge is 2.28. The molecule has 12 heteroatoms. The van der Waals surface area contributed by atoms with Gasteiger partial charge in [-0.25, -0.2) is 4.57 Å². The molecule has 0 aromatic heterocycles. The minimum atomic E-state index is -4.74. The second-order valence-electron chi connectivity index (χ2n) is 20.1. The van der Waals surface area contributed by atoms with E-state index < -0.39 is 57.8 Å². The Morgan fingerprint density at radius 1 is 0.403 bits per heavy atom. The average Bonchev–Trinajstić information content (AvgIpc) is 3.37. The number of esters is 3. The number of carbonyl (C=O) groups excluding carboxylic acids is 3. The second-order valence-corrected chi connectivity index (χ2v) is 21.6. The summed E-state index contributed by atoms with van der Waals surface area (Å²) in [5, 5.41) is 9.81. The third-order valence-electron chi connectivity index (χ3n) is 13.1. The van der Waals surface area contributed by atoms with Crippen LogP contribution in [0.15, 0.2) is 36.5 Å². The number of aliphatic hydroxyl groups excluding tert-OH is 1. The number of ether oxygens (including phenoxy) is 3. The summed E-state index contributed by atoms with van der Waals surface area (Å²) < 4.78 is 39.5. The Balaban J connectivity index is 4.57. The highest BCUT2D eigenvalue weighted by atomic mass is 31.2. The van der Waals surface area contributed by atoms with Crippen LogP contribution in [0.5, 0.6) is 0 Å². The van der Waals surface area contributed by atoms with Gasteiger partial charge in [-0.2, -0.15) is 0 Å². The summed E-state index contributed by atoms with van der Waals surface area (Å²) in [6, 6.07) is 0. The van der Waals surface area contributed by atoms with Gasteiger partial charge in [0.1, 0.15) is 12.7 Å². The molecule has 0 fully saturated rings. The van der Waals surface area contributed by atoms with E-state index in [4.69, 9.17) is 23.3 Å². The fraction of sp³-hybridized carbons (Fsp3) is 0.850. The molecule has 72 heavy (non-hydrogen) atoms. The molecule has 422 valence electrons. The van der Waals surface area contributed by atoms with E-state index in [1.54, 1.807) is 0 Å². The number of phosphoric acid groups is 1. The van der Waals surface area contributed by atoms with Crippen molar-refractivity contribution in [2.24, 2.45) is 0 Å². The van der Waals surface area contributed by atoms with Gasteiger partial charge in [-0.1, -0.05) is 256 Å². The molecular formula is C60H111O11P. The van der Waals surface area contributed by atoms with E-state index >= 15 is 0 Å². The van der Waals surface area contributed by atoms with E-state index in [-0.39, 0.29) is 25.9 Å². The first-order valence-electron chi connectivity index (χ1n) is 29.9. The first-order chi connectivity index (χ1) is 35.2. The molecule has 2 N–H and O–H groups in total. The Bertz CT molecular complexity index is 1350. The van der Waals surface area contributed by atoms with Crippen LogP contribution in [0.25, 0.3) is 0 Å². The van der Waals surface area contributed by atoms with Crippen LogP contribution >= 0.6 is 7.82 Å². The summed E-state index contributed by atoms with van der Waals surface area (Å²) in [6.07, 6.45) is 56.8. The molecule has 3 atom stereocenters. The SMILES string of the molecule is CC/C=C\C/C=C\C/C=C\CCCCCCCCCC(=O)OC(CO)COP(=O)(O)OCC(COC(=O)CCCCCCCCCCC)OC(=O)CCCCCCCCCCCCCCCCCCCCC. The Morgan fingerprint density at radius 3 is 1.11 bits per heavy atom. The first kappa shape index (κ1) is 69.7. The van der Waals surface area contributed by atoms with Crippen LogP contribution in [0, 0.1) is 0 Å². The molecular weight excluding hydrogens is 928 g/mol. The number of rotatable bonds is 56. The van der Waals surface area contributed by atoms with Crippen LogP contribution in [-0.4, -0.2) is 66.5 Å². The molecule has 3 unspecified atom stereocenters. The zero-order chi connectivity index (χ0) is 52.7. The van der Waals surface area contributed by atoms with Gasteiger partial charge in [-0.05, 0) is 51.4 Å². The lowest BCUT2D eigenvalue weighted by atomic mass is 10.0. The molecule has 0 radical (unpaired) electrons. The van der Waals surface area contributed by atoms with Crippen LogP contribution in [0.1, 0.15) is 290 Å². The van der Waals surface area contributed by atoms with Crippen molar-refractivity contribution in [2.45, 2.75) is 303 Å². The number of phosphoric ester groups is 1. The lowest BCUT2D eigenvalue weighted by Crippen LogP contribution is -2.30. The minimum Gasteiger partial charge on any atom is -0.462 e. The maximum absolute atomic E-state index is 12.9. The van der Waals surface area contributed by atoms with Crippen LogP contribution < -0.4 is 0 Å². The predicted molar refractivity (Wildman–Crippen MR) is 298 cm³/mol. The molecule has 11 nitrogen and oxygen atoms in total. The van der Waals surface area contributed by atoms with Crippen molar-refractivity contribution in [3.63, 3.8) is 0 Å². The van der Waals surface area contributed by atoms with Gasteiger partial charge >= 0.3 is 25.7 Å². The van der Waals surface area contributed by atoms with Crippen molar-refractivity contribution in [2.75, 3.05) is 26.4 Å². The van der Waals surface area contributed by atoms with Gasteiger partial charge in [-0.15, -0.1) is 0 Å². The summed E-state index contributed by atoms with van der Waals surface area (Å²) in [6.45, 7) is 4.55. The number of carbonyl (C=O) groups is 3. The smallest absolute Gasteiger partial charge is 0.462 e. The summed E-state index contributed by atoms with van der Waals surface area (Å²) in [7, 11) is -4.74. The molecule has 0 spiro atoms. The highest BCUT2D eigenvalue weighted by Crippen LogP contribution is 2.43. The lowest BCUT2D eigenvalue weighted by molar-refractivity contribution is -0.161. The van der Waals surface area contributed by atoms with Crippen molar-refractivity contribution in [1.29, 1.82) is 0 Å². The third kappa shape index (κ3) is 52.6. The lowest BCUT2D eigenvalue weighted by Gasteiger charge is -2.21. The fourth-order valence-electron chi connectivity index (χ4n) is 8.55. The predicted octanol–water partition coefficient (Wildman–Crippen LogP) is 17.6. The Hall–Kier alpha value is -2.30. The zero-order valence-corrected chi connectivity index (χ0v) is 47.6. The van der Waals surface area contributed by atoms with Gasteiger partial charge in [0.25, 0.3) is 0 Å². The Labute approximate surface area is 441 Å². The van der Waals surface area contributed by atoms with E-state index in [0.717, 1.165) is 89.9 Å². The first-order valence-corrected chi connectivity index (χ1v) is 31.4. The minimum absolute atomic E-state index is 0.169. The largest absolute Gasteiger partial charge is 0.472 e. The number of allylic oxidation sites excluding steroid dienone is 6. The molecule has 0 rings (SSSR count). The van der Waals surface area contributed by atoms with Crippen LogP contribution in [0.3, 0.4) is 0 Å². The summed E-state index contributed by atoms with van der Waals surface area (Å²) in [5.74, 6) is -1.45. The quantitative estimate of drug-likeness (QED) is 0.0197. The van der Waals surface area contributed by atoms with Gasteiger partial charge < -0.3 is 24.2 Å². The number of hydrogen-bond donors (Lipinski definition) is 2. The van der Waals surface area contributed by atoms with Crippen molar-refractivity contribution >= 4 is 25.7 Å². The Morgan fingerprint density at radius 2 is 0.722 bits per heavy atom. The van der Waals surface area contributed by atoms with Gasteiger partial charge in [0.2, 0.25) is 0 Å². The summed E-state index contributed by atoms with van der Waals surface area (Å²) >= 11 is 0. The maximum atomic E-state index is 12.9. The average molecular weight is 1040 g/mol. The second kappa shape index (κ2) is 54.9. The monoisotopic (exact) mass is 1040 g/mol. The molecule has 0 aromatic carbocycles. The highest BCUT2D eigenvalue weighted by molar-refractivity contribution is 7.47. The van der Waals surface area contributed by atoms with Gasteiger partial charge in [0.15, 0.2) is 6.10 Å². The van der Waals surface area contributed by atoms with Crippen LogP contribution in [0.4, 0.5) is 0 Å². The molecule has 0 aliphatic heterocycles. The molecule has 0 heterocycles. The van der Waals surface area contributed by atoms with Crippen molar-refractivity contribution in [3.8, 4) is 0 Å². The number of hydrogen-bond acceptors (Lipinski definition) is 10. The van der Waals surface area contributed by atoms with Crippen molar-refractivity contribution in [3.05, 3.63) is 36.5 Å². The molecule has 0 saturated heterocycles. The molecule has 0 bridgehead atoms. The van der Waals surface area contributed by atoms with E-state index in [2.05, 4.69) is 57.2 Å². The zero-order valence-electron chi connectivity index (χ0n) is 46.7. The molecule has 0 amide bonds. The van der Waals surface area contributed by atoms with Crippen LogP contribution in [-0.2, 0) is 42.2 Å². The summed E-state index contributed by atoms with van der Waals surface area (Å²) in [4.78, 5) is 48.5. The molecule has 0 aliphatic rings. The van der Waals surface area contributed by atoms with E-state index in [1.807, 2.05) is 0 Å². The third-order valence-corrected chi connectivity index (χ3v) is 14.0.